The number of esters is 2. The van der Waals surface area contributed by atoms with Crippen molar-refractivity contribution in [2.24, 2.45) is 50.2 Å². The monoisotopic (exact) mass is 572 g/mol. The van der Waals surface area contributed by atoms with Crippen molar-refractivity contribution in [3.8, 4) is 0 Å². The molecule has 7 nitrogen and oxygen atoms in total. The Labute approximate surface area is 245 Å². The largest absolute Gasteiger partial charge is 0.481 e. The summed E-state index contributed by atoms with van der Waals surface area (Å²) in [5.41, 5.74) is -0.377. The zero-order valence-electron chi connectivity index (χ0n) is 26.5. The van der Waals surface area contributed by atoms with E-state index in [1.807, 2.05) is 6.92 Å². The van der Waals surface area contributed by atoms with E-state index in [2.05, 4.69) is 40.7 Å². The first-order valence-electron chi connectivity index (χ1n) is 15.8. The molecule has 5 aliphatic rings. The second-order valence-electron chi connectivity index (χ2n) is 16.1. The summed E-state index contributed by atoms with van der Waals surface area (Å²) in [6.07, 6.45) is 8.73. The third-order valence-electron chi connectivity index (χ3n) is 14.1. The van der Waals surface area contributed by atoms with E-state index in [0.717, 1.165) is 44.9 Å². The summed E-state index contributed by atoms with van der Waals surface area (Å²) in [6.45, 7) is 16.4. The molecule has 2 N–H and O–H groups in total. The summed E-state index contributed by atoms with van der Waals surface area (Å²) in [7, 11) is 0. The van der Waals surface area contributed by atoms with Crippen molar-refractivity contribution in [1.29, 1.82) is 0 Å². The number of hydrogen-bond acceptors (Lipinski definition) is 6. The molecule has 0 unspecified atom stereocenters. The van der Waals surface area contributed by atoms with Crippen molar-refractivity contribution in [1.82, 2.24) is 0 Å². The molecule has 41 heavy (non-hydrogen) atoms. The fraction of sp³-hybridized carbons (Fsp3) is 0.853. The number of ether oxygens (including phenoxy) is 2. The van der Waals surface area contributed by atoms with Crippen LogP contribution in [-0.4, -0.2) is 46.9 Å². The van der Waals surface area contributed by atoms with E-state index in [1.54, 1.807) is 0 Å². The van der Waals surface area contributed by atoms with Gasteiger partial charge < -0.3 is 19.7 Å². The van der Waals surface area contributed by atoms with Gasteiger partial charge in [0.1, 0.15) is 12.7 Å². The van der Waals surface area contributed by atoms with Crippen molar-refractivity contribution in [2.45, 2.75) is 125 Å². The van der Waals surface area contributed by atoms with Gasteiger partial charge in [-0.2, -0.15) is 0 Å². The molecule has 0 spiro atoms. The smallest absolute Gasteiger partial charge is 0.309 e. The summed E-state index contributed by atoms with van der Waals surface area (Å²) < 4.78 is 11.5. The van der Waals surface area contributed by atoms with Gasteiger partial charge in [-0.25, -0.2) is 0 Å². The van der Waals surface area contributed by atoms with E-state index in [4.69, 9.17) is 9.47 Å². The van der Waals surface area contributed by atoms with Crippen LogP contribution in [0.4, 0.5) is 0 Å². The van der Waals surface area contributed by atoms with Crippen LogP contribution < -0.4 is 0 Å². The molecule has 11 atom stereocenters. The first-order chi connectivity index (χ1) is 18.9. The molecule has 230 valence electrons. The number of allylic oxidation sites excluding steroid dienone is 2. The Kier molecular flexibility index (Phi) is 7.12. The summed E-state index contributed by atoms with van der Waals surface area (Å²) >= 11 is 0. The molecule has 0 aromatic heterocycles. The summed E-state index contributed by atoms with van der Waals surface area (Å²) in [5, 5.41) is 22.1. The zero-order valence-corrected chi connectivity index (χ0v) is 26.5. The van der Waals surface area contributed by atoms with Crippen molar-refractivity contribution in [3.63, 3.8) is 0 Å². The van der Waals surface area contributed by atoms with E-state index < -0.39 is 34.4 Å². The van der Waals surface area contributed by atoms with Crippen LogP contribution in [0.1, 0.15) is 113 Å². The second-order valence-corrected chi connectivity index (χ2v) is 16.1. The number of rotatable bonds is 4. The first-order valence-corrected chi connectivity index (χ1v) is 15.8. The maximum atomic E-state index is 12.4. The minimum absolute atomic E-state index is 0.00193. The summed E-state index contributed by atoms with van der Waals surface area (Å²) in [6, 6.07) is 0. The van der Waals surface area contributed by atoms with E-state index in [1.165, 1.54) is 19.4 Å². The Morgan fingerprint density at radius 3 is 2.20 bits per heavy atom. The highest BCUT2D eigenvalue weighted by Gasteiger charge is 2.71. The van der Waals surface area contributed by atoms with E-state index in [9.17, 15) is 24.6 Å². The number of aliphatic carboxylic acids is 1. The number of fused-ring (bicyclic) bond motifs is 7. The van der Waals surface area contributed by atoms with Gasteiger partial charge in [-0.05, 0) is 92.3 Å². The molecule has 0 bridgehead atoms. The highest BCUT2D eigenvalue weighted by atomic mass is 16.6. The van der Waals surface area contributed by atoms with Gasteiger partial charge in [0.15, 0.2) is 0 Å². The molecule has 5 rings (SSSR count). The average Bonchev–Trinajstić information content (AvgIpc) is 2.87. The lowest BCUT2D eigenvalue weighted by Gasteiger charge is -2.72. The quantitative estimate of drug-likeness (QED) is 0.300. The Balaban J connectivity index is 1.57. The molecule has 0 amide bonds. The molecular weight excluding hydrogens is 520 g/mol. The van der Waals surface area contributed by atoms with Gasteiger partial charge >= 0.3 is 17.9 Å². The van der Waals surface area contributed by atoms with E-state index >= 15 is 0 Å². The van der Waals surface area contributed by atoms with E-state index in [-0.39, 0.29) is 52.5 Å². The maximum absolute atomic E-state index is 12.4. The van der Waals surface area contributed by atoms with Gasteiger partial charge in [0.05, 0.1) is 11.5 Å². The molecule has 0 heterocycles. The van der Waals surface area contributed by atoms with Crippen molar-refractivity contribution < 1.29 is 34.1 Å². The Morgan fingerprint density at radius 1 is 0.927 bits per heavy atom. The number of carbonyl (C=O) groups excluding carboxylic acids is 2. The normalized spacial score (nSPS) is 50.7. The number of hydrogen-bond donors (Lipinski definition) is 2. The molecule has 7 heteroatoms. The van der Waals surface area contributed by atoms with E-state index in [0.29, 0.717) is 12.8 Å². The van der Waals surface area contributed by atoms with Crippen molar-refractivity contribution in [3.05, 3.63) is 11.6 Å². The standard InChI is InChI=1S/C34H52O7/c1-20(35)40-19-31(5)24-11-12-33(7)25(34(24,8)26(37)17-27(31)41-21(2)36)10-9-22-23-18-30(4,28(38)39)14-13-29(23,3)15-16-32(22,33)6/h9,23-27,37H,10-19H2,1-8H3,(H,38,39)/t23-,24-,25+,26+,27+,29-,30-,31+,32-,33-,34+/m1/s1. The second kappa shape index (κ2) is 9.56. The average molecular weight is 573 g/mol. The van der Waals surface area contributed by atoms with Crippen molar-refractivity contribution >= 4 is 17.9 Å². The van der Waals surface area contributed by atoms with Crippen LogP contribution in [0.3, 0.4) is 0 Å². The highest BCUT2D eigenvalue weighted by Crippen LogP contribution is 2.75. The number of carbonyl (C=O) groups is 3. The minimum atomic E-state index is -0.700. The molecule has 4 saturated carbocycles. The topological polar surface area (TPSA) is 110 Å². The molecule has 0 aliphatic heterocycles. The molecule has 0 aromatic carbocycles. The minimum Gasteiger partial charge on any atom is -0.481 e. The SMILES string of the molecule is CC(=O)OC[C@]1(C)[C@@H](OC(C)=O)C[C@H](O)[C@@]2(C)[C@@H]1CC[C@]1(C)[C@@H]2CC=C2[C@H]3C[C@](C)(C(=O)O)CC[C@]3(C)CC[C@]21C. The maximum Gasteiger partial charge on any atom is 0.309 e. The Bertz CT molecular complexity index is 1160. The Morgan fingerprint density at radius 2 is 1.59 bits per heavy atom. The summed E-state index contributed by atoms with van der Waals surface area (Å²) in [5.74, 6) is -0.989. The van der Waals surface area contributed by atoms with Crippen LogP contribution in [-0.2, 0) is 23.9 Å². The lowest BCUT2D eigenvalue weighted by Crippen LogP contribution is -2.69. The summed E-state index contributed by atoms with van der Waals surface area (Å²) in [4.78, 5) is 36.4. The van der Waals surface area contributed by atoms with Gasteiger partial charge in [0.25, 0.3) is 0 Å². The van der Waals surface area contributed by atoms with Gasteiger partial charge in [-0.15, -0.1) is 0 Å². The molecule has 0 aromatic rings. The molecule has 4 fully saturated rings. The zero-order chi connectivity index (χ0) is 30.4. The van der Waals surface area contributed by atoms with Crippen LogP contribution in [0.5, 0.6) is 0 Å². The molecule has 5 aliphatic carbocycles. The van der Waals surface area contributed by atoms with Crippen LogP contribution >= 0.6 is 0 Å². The molecular formula is C34H52O7. The van der Waals surface area contributed by atoms with Crippen LogP contribution in [0.15, 0.2) is 11.6 Å². The third-order valence-corrected chi connectivity index (χ3v) is 14.1. The van der Waals surface area contributed by atoms with Gasteiger partial charge in [0, 0.05) is 31.1 Å². The number of aliphatic hydroxyl groups excluding tert-OH is 1. The van der Waals surface area contributed by atoms with Gasteiger partial charge in [0.2, 0.25) is 0 Å². The van der Waals surface area contributed by atoms with Crippen LogP contribution in [0.2, 0.25) is 0 Å². The fourth-order valence-corrected chi connectivity index (χ4v) is 11.1. The third kappa shape index (κ3) is 4.17. The van der Waals surface area contributed by atoms with Gasteiger partial charge in [-0.3, -0.25) is 14.4 Å². The van der Waals surface area contributed by atoms with Crippen LogP contribution in [0.25, 0.3) is 0 Å². The molecule has 0 saturated heterocycles. The van der Waals surface area contributed by atoms with Crippen molar-refractivity contribution in [2.75, 3.05) is 6.61 Å². The number of carboxylic acid groups (broad SMARTS) is 1. The molecule has 0 radical (unpaired) electrons. The lowest BCUT2D eigenvalue weighted by atomic mass is 9.33. The Hall–Kier alpha value is -1.89. The van der Waals surface area contributed by atoms with Gasteiger partial charge in [-0.1, -0.05) is 46.3 Å². The predicted molar refractivity (Wildman–Crippen MR) is 155 cm³/mol. The first kappa shape index (κ1) is 30.6. The lowest BCUT2D eigenvalue weighted by molar-refractivity contribution is -0.258. The van der Waals surface area contributed by atoms with Crippen LogP contribution in [0, 0.1) is 50.2 Å². The fourth-order valence-electron chi connectivity index (χ4n) is 11.1. The highest BCUT2D eigenvalue weighted by molar-refractivity contribution is 5.74. The number of carboxylic acids is 1. The number of aliphatic hydroxyl groups is 1. The predicted octanol–water partition coefficient (Wildman–Crippen LogP) is 6.32.